The van der Waals surface area contributed by atoms with E-state index in [9.17, 15) is 18.0 Å². The van der Waals surface area contributed by atoms with Crippen molar-refractivity contribution in [1.29, 1.82) is 0 Å². The smallest absolute Gasteiger partial charge is 0.489 e. The van der Waals surface area contributed by atoms with Gasteiger partial charge in [0.15, 0.2) is 0 Å². The van der Waals surface area contributed by atoms with Crippen molar-refractivity contribution < 1.29 is 27.5 Å². The number of carbonyl (C=O) groups is 1. The van der Waals surface area contributed by atoms with Crippen LogP contribution in [0.1, 0.15) is 23.2 Å². The predicted octanol–water partition coefficient (Wildman–Crippen LogP) is 2.84. The van der Waals surface area contributed by atoms with E-state index in [-0.39, 0.29) is 30.2 Å². The van der Waals surface area contributed by atoms with E-state index in [1.54, 1.807) is 18.2 Å². The van der Waals surface area contributed by atoms with Crippen molar-refractivity contribution in [3.63, 3.8) is 0 Å². The number of hydrogen-bond donors (Lipinski definition) is 1. The van der Waals surface area contributed by atoms with Gasteiger partial charge in [-0.25, -0.2) is 0 Å². The molecule has 3 unspecified atom stereocenters. The van der Waals surface area contributed by atoms with E-state index in [2.05, 4.69) is 20.8 Å². The molecule has 0 bridgehead atoms. The molecule has 1 saturated carbocycles. The van der Waals surface area contributed by atoms with Crippen molar-refractivity contribution in [2.24, 2.45) is 11.7 Å². The number of benzene rings is 1. The number of hydrogen-bond acceptors (Lipinski definition) is 4. The van der Waals surface area contributed by atoms with E-state index in [0.29, 0.717) is 23.1 Å². The Morgan fingerprint density at radius 1 is 1.39 bits per heavy atom. The summed E-state index contributed by atoms with van der Waals surface area (Å²) >= 11 is 3.25. The van der Waals surface area contributed by atoms with Gasteiger partial charge in [0.05, 0.1) is 5.56 Å². The van der Waals surface area contributed by atoms with Gasteiger partial charge < -0.3 is 10.5 Å². The summed E-state index contributed by atoms with van der Waals surface area (Å²) < 4.78 is 43.5. The highest BCUT2D eigenvalue weighted by Gasteiger charge is 2.54. The van der Waals surface area contributed by atoms with Crippen molar-refractivity contribution in [2.45, 2.75) is 31.3 Å². The van der Waals surface area contributed by atoms with Gasteiger partial charge in [-0.3, -0.25) is 4.79 Å². The highest BCUT2D eigenvalue weighted by Crippen LogP contribution is 2.46. The van der Waals surface area contributed by atoms with E-state index in [1.807, 2.05) is 0 Å². The highest BCUT2D eigenvalue weighted by molar-refractivity contribution is 9.10. The summed E-state index contributed by atoms with van der Waals surface area (Å²) in [6.45, 7) is 0.119. The SMILES string of the molecule is NC(=O)c1cc(Br)ccc1OC1CCN(OC(F)(F)F)C2CC12. The first-order valence-corrected chi connectivity index (χ1v) is 7.82. The molecule has 0 aromatic heterocycles. The summed E-state index contributed by atoms with van der Waals surface area (Å²) in [7, 11) is 0. The summed E-state index contributed by atoms with van der Waals surface area (Å²) in [5.41, 5.74) is 5.57. The van der Waals surface area contributed by atoms with Crippen LogP contribution in [0.15, 0.2) is 22.7 Å². The van der Waals surface area contributed by atoms with Gasteiger partial charge in [-0.05, 0) is 31.0 Å². The second kappa shape index (κ2) is 5.95. The van der Waals surface area contributed by atoms with Crippen molar-refractivity contribution >= 4 is 21.8 Å². The van der Waals surface area contributed by atoms with Gasteiger partial charge in [0.25, 0.3) is 5.91 Å². The van der Waals surface area contributed by atoms with Crippen molar-refractivity contribution in [3.05, 3.63) is 28.2 Å². The Hall–Kier alpha value is -1.32. The molecule has 126 valence electrons. The van der Waals surface area contributed by atoms with Crippen LogP contribution in [0.25, 0.3) is 0 Å². The molecule has 1 heterocycles. The second-order valence-corrected chi connectivity index (χ2v) is 6.51. The molecule has 2 fully saturated rings. The third-order valence-electron chi connectivity index (χ3n) is 3.99. The average Bonchev–Trinajstić information content (AvgIpc) is 3.22. The largest absolute Gasteiger partial charge is 0.539 e. The quantitative estimate of drug-likeness (QED) is 0.852. The molecule has 1 aliphatic heterocycles. The topological polar surface area (TPSA) is 64.8 Å². The molecule has 1 aromatic rings. The fourth-order valence-electron chi connectivity index (χ4n) is 2.92. The molecule has 1 saturated heterocycles. The molecule has 1 aliphatic carbocycles. The van der Waals surface area contributed by atoms with Crippen LogP contribution in [0.5, 0.6) is 5.75 Å². The van der Waals surface area contributed by atoms with Gasteiger partial charge in [0, 0.05) is 23.0 Å². The molecule has 0 spiro atoms. The summed E-state index contributed by atoms with van der Waals surface area (Å²) in [4.78, 5) is 15.5. The maximum absolute atomic E-state index is 12.3. The first-order valence-electron chi connectivity index (χ1n) is 7.03. The van der Waals surface area contributed by atoms with Gasteiger partial charge in [-0.2, -0.15) is 9.90 Å². The first-order chi connectivity index (χ1) is 10.7. The number of nitrogens with two attached hydrogens (primary N) is 1. The number of piperidine rings is 1. The summed E-state index contributed by atoms with van der Waals surface area (Å²) in [6.07, 6.45) is -3.98. The molecule has 23 heavy (non-hydrogen) atoms. The molecular weight excluding hydrogens is 381 g/mol. The van der Waals surface area contributed by atoms with Crippen LogP contribution >= 0.6 is 15.9 Å². The number of primary amides is 1. The van der Waals surface area contributed by atoms with Gasteiger partial charge >= 0.3 is 6.36 Å². The van der Waals surface area contributed by atoms with E-state index in [4.69, 9.17) is 10.5 Å². The zero-order chi connectivity index (χ0) is 16.8. The predicted molar refractivity (Wildman–Crippen MR) is 77.4 cm³/mol. The van der Waals surface area contributed by atoms with E-state index in [1.165, 1.54) is 0 Å². The van der Waals surface area contributed by atoms with Crippen LogP contribution < -0.4 is 10.5 Å². The van der Waals surface area contributed by atoms with E-state index >= 15 is 0 Å². The second-order valence-electron chi connectivity index (χ2n) is 5.59. The fourth-order valence-corrected chi connectivity index (χ4v) is 3.28. The molecule has 2 aliphatic rings. The van der Waals surface area contributed by atoms with Crippen LogP contribution in [0.2, 0.25) is 0 Å². The minimum absolute atomic E-state index is 0.0459. The highest BCUT2D eigenvalue weighted by atomic mass is 79.9. The Kier molecular flexibility index (Phi) is 4.28. The fraction of sp³-hybridized carbons (Fsp3) is 0.500. The van der Waals surface area contributed by atoms with Crippen molar-refractivity contribution in [3.8, 4) is 5.75 Å². The Morgan fingerprint density at radius 2 is 2.13 bits per heavy atom. The Morgan fingerprint density at radius 3 is 2.78 bits per heavy atom. The molecule has 3 rings (SSSR count). The maximum atomic E-state index is 12.3. The van der Waals surface area contributed by atoms with Crippen molar-refractivity contribution in [1.82, 2.24) is 5.06 Å². The lowest BCUT2D eigenvalue weighted by atomic mass is 10.1. The minimum Gasteiger partial charge on any atom is -0.489 e. The molecule has 1 aromatic carbocycles. The lowest BCUT2D eigenvalue weighted by Gasteiger charge is -2.31. The zero-order valence-electron chi connectivity index (χ0n) is 11.8. The number of rotatable bonds is 4. The molecule has 9 heteroatoms. The number of hydroxylamine groups is 2. The van der Waals surface area contributed by atoms with Crippen LogP contribution in [0.3, 0.4) is 0 Å². The molecular formula is C14H14BrF3N2O3. The van der Waals surface area contributed by atoms with E-state index in [0.717, 1.165) is 5.06 Å². The van der Waals surface area contributed by atoms with Gasteiger partial charge in [-0.1, -0.05) is 15.9 Å². The number of fused-ring (bicyclic) bond motifs is 1. The number of amides is 1. The summed E-state index contributed by atoms with van der Waals surface area (Å²) in [5.74, 6) is -0.316. The number of alkyl halides is 3. The Labute approximate surface area is 138 Å². The van der Waals surface area contributed by atoms with Gasteiger partial charge in [-0.15, -0.1) is 13.2 Å². The monoisotopic (exact) mass is 394 g/mol. The van der Waals surface area contributed by atoms with Gasteiger partial charge in [0.2, 0.25) is 0 Å². The van der Waals surface area contributed by atoms with Crippen LogP contribution in [-0.2, 0) is 4.84 Å². The van der Waals surface area contributed by atoms with Crippen LogP contribution in [-0.4, -0.2) is 36.0 Å². The molecule has 2 N–H and O–H groups in total. The third kappa shape index (κ3) is 3.78. The molecule has 5 nitrogen and oxygen atoms in total. The lowest BCUT2D eigenvalue weighted by Crippen LogP contribution is -2.42. The minimum atomic E-state index is -4.67. The summed E-state index contributed by atoms with van der Waals surface area (Å²) in [6, 6.07) is 4.60. The molecule has 0 radical (unpaired) electrons. The maximum Gasteiger partial charge on any atom is 0.539 e. The lowest BCUT2D eigenvalue weighted by molar-refractivity contribution is -0.420. The average molecular weight is 395 g/mol. The van der Waals surface area contributed by atoms with E-state index < -0.39 is 12.3 Å². The molecule has 1 amide bonds. The number of halogens is 4. The normalized spacial score (nSPS) is 27.4. The standard InChI is InChI=1S/C14H14BrF3N2O3/c15-7-1-2-11(9(5-7)13(19)21)22-12-3-4-20(10-6-8(10)12)23-14(16,17)18/h1-2,5,8,10,12H,3-4,6H2,(H2,19,21). The van der Waals surface area contributed by atoms with Crippen LogP contribution in [0.4, 0.5) is 13.2 Å². The number of ether oxygens (including phenoxy) is 1. The summed E-state index contributed by atoms with van der Waals surface area (Å²) in [5, 5.41) is 0.973. The first kappa shape index (κ1) is 16.5. The van der Waals surface area contributed by atoms with Crippen molar-refractivity contribution in [2.75, 3.05) is 6.54 Å². The number of carbonyl (C=O) groups excluding carboxylic acids is 1. The molecule has 3 atom stereocenters. The van der Waals surface area contributed by atoms with Crippen LogP contribution in [0, 0.1) is 5.92 Å². The Bertz CT molecular complexity index is 626. The third-order valence-corrected chi connectivity index (χ3v) is 4.49. The van der Waals surface area contributed by atoms with Gasteiger partial charge in [0.1, 0.15) is 11.9 Å². The Balaban J connectivity index is 1.67. The zero-order valence-corrected chi connectivity index (χ0v) is 13.4. The number of nitrogens with zero attached hydrogens (tertiary/aromatic N) is 1.